The Hall–Kier alpha value is -1.86. The number of hydrogen-bond donors (Lipinski definition) is 1. The summed E-state index contributed by atoms with van der Waals surface area (Å²) in [6.45, 7) is 6.38. The highest BCUT2D eigenvalue weighted by Gasteiger charge is 2.32. The lowest BCUT2D eigenvalue weighted by Crippen LogP contribution is -2.32. The number of hydrogen-bond acceptors (Lipinski definition) is 6. The molecule has 2 heterocycles. The lowest BCUT2D eigenvalue weighted by Gasteiger charge is -2.36. The predicted molar refractivity (Wildman–Crippen MR) is 141 cm³/mol. The van der Waals surface area contributed by atoms with Gasteiger partial charge in [-0.3, -0.25) is 9.80 Å². The molecule has 2 unspecified atom stereocenters. The molecule has 4 rings (SSSR count). The fraction of sp³-hybridized carbons (Fsp3) is 0.538. The highest BCUT2D eigenvalue weighted by Crippen LogP contribution is 2.51. The molecule has 34 heavy (non-hydrogen) atoms. The molecule has 0 amide bonds. The fourth-order valence-corrected chi connectivity index (χ4v) is 5.42. The van der Waals surface area contributed by atoms with Crippen LogP contribution in [0.5, 0.6) is 28.7 Å². The number of rotatable bonds is 6. The third kappa shape index (κ3) is 4.92. The molecule has 0 bridgehead atoms. The van der Waals surface area contributed by atoms with E-state index in [1.54, 1.807) is 14.2 Å². The maximum absolute atomic E-state index is 11.1. The van der Waals surface area contributed by atoms with Gasteiger partial charge in [0.25, 0.3) is 0 Å². The number of phenolic OH excluding ortho intramolecular Hbond substituents is 1. The smallest absolute Gasteiger partial charge is 0.201 e. The highest BCUT2D eigenvalue weighted by atomic mass is 35.5. The molecule has 1 N–H and O–H groups in total. The molecule has 2 aromatic rings. The van der Waals surface area contributed by atoms with Crippen molar-refractivity contribution in [2.75, 3.05) is 41.4 Å². The van der Waals surface area contributed by atoms with Crippen molar-refractivity contribution in [2.24, 2.45) is 0 Å². The zero-order chi connectivity index (χ0) is 23.0. The molecule has 2 aliphatic heterocycles. The molecule has 0 fully saturated rings. The minimum absolute atomic E-state index is 0. The Labute approximate surface area is 216 Å². The van der Waals surface area contributed by atoms with Gasteiger partial charge in [0.2, 0.25) is 5.75 Å². The van der Waals surface area contributed by atoms with Crippen LogP contribution in [0.15, 0.2) is 18.2 Å². The number of ether oxygens (including phenoxy) is 3. The second-order valence-electron chi connectivity index (χ2n) is 8.94. The average molecular weight is 514 g/mol. The Bertz CT molecular complexity index is 1000. The van der Waals surface area contributed by atoms with Crippen molar-refractivity contribution >= 4 is 24.8 Å². The van der Waals surface area contributed by atoms with E-state index in [2.05, 4.69) is 49.9 Å². The summed E-state index contributed by atoms with van der Waals surface area (Å²) in [5.74, 6) is 2.29. The van der Waals surface area contributed by atoms with E-state index in [1.807, 2.05) is 6.07 Å². The number of aromatic hydroxyl groups is 1. The predicted octanol–water partition coefficient (Wildman–Crippen LogP) is 5.92. The fourth-order valence-electron chi connectivity index (χ4n) is 5.42. The number of fused-ring (bicyclic) bond motifs is 2. The van der Waals surface area contributed by atoms with E-state index in [1.165, 1.54) is 16.7 Å². The van der Waals surface area contributed by atoms with E-state index < -0.39 is 0 Å². The van der Waals surface area contributed by atoms with Crippen LogP contribution in [0.4, 0.5) is 0 Å². The molecule has 0 saturated heterocycles. The van der Waals surface area contributed by atoms with Gasteiger partial charge in [-0.1, -0.05) is 13.8 Å². The monoisotopic (exact) mass is 512 g/mol. The van der Waals surface area contributed by atoms with Crippen LogP contribution < -0.4 is 14.2 Å². The first-order valence-electron chi connectivity index (χ1n) is 11.6. The first-order valence-corrected chi connectivity index (χ1v) is 11.6. The second-order valence-corrected chi connectivity index (χ2v) is 8.94. The summed E-state index contributed by atoms with van der Waals surface area (Å²) in [7, 11) is 7.56. The maximum Gasteiger partial charge on any atom is 0.201 e. The normalized spacial score (nSPS) is 19.8. The van der Waals surface area contributed by atoms with Gasteiger partial charge in [0, 0.05) is 30.7 Å². The number of benzene rings is 2. The van der Waals surface area contributed by atoms with E-state index in [9.17, 15) is 5.11 Å². The minimum atomic E-state index is 0. The van der Waals surface area contributed by atoms with Crippen LogP contribution in [0.2, 0.25) is 0 Å². The number of methoxy groups -OCH3 is 2. The molecule has 2 aliphatic rings. The number of likely N-dealkylation sites (N-methyl/N-ethyl adjacent to an activating group) is 2. The maximum atomic E-state index is 11.1. The van der Waals surface area contributed by atoms with Crippen molar-refractivity contribution in [1.82, 2.24) is 9.80 Å². The van der Waals surface area contributed by atoms with Crippen molar-refractivity contribution in [3.05, 3.63) is 40.5 Å². The van der Waals surface area contributed by atoms with E-state index in [0.717, 1.165) is 44.3 Å². The van der Waals surface area contributed by atoms with Crippen LogP contribution in [-0.2, 0) is 12.8 Å². The molecule has 6 nitrogen and oxygen atoms in total. The number of halogens is 2. The zero-order valence-corrected chi connectivity index (χ0v) is 22.6. The summed E-state index contributed by atoms with van der Waals surface area (Å²) in [5.41, 5.74) is 4.80. The Morgan fingerprint density at radius 3 is 1.97 bits per heavy atom. The molecule has 2 atom stereocenters. The van der Waals surface area contributed by atoms with E-state index in [4.69, 9.17) is 14.2 Å². The third-order valence-electron chi connectivity index (χ3n) is 7.20. The number of nitrogens with zero attached hydrogens (tertiary/aromatic N) is 2. The summed E-state index contributed by atoms with van der Waals surface area (Å²) in [5, 5.41) is 11.1. The Kier molecular flexibility index (Phi) is 9.78. The molecule has 0 spiro atoms. The molecular weight excluding hydrogens is 475 g/mol. The van der Waals surface area contributed by atoms with Gasteiger partial charge in [-0.05, 0) is 74.7 Å². The van der Waals surface area contributed by atoms with Gasteiger partial charge in [-0.2, -0.15) is 0 Å². The molecule has 0 aromatic heterocycles. The van der Waals surface area contributed by atoms with Gasteiger partial charge in [0.05, 0.1) is 14.2 Å². The molecule has 190 valence electrons. The molecule has 8 heteroatoms. The SMILES string of the molecule is CCC1c2cc(Oc3c(O)c(OC)cc4c3C(CC)N(C)CC4)c(OC)cc2CCN1C.Cl.Cl. The Morgan fingerprint density at radius 1 is 0.824 bits per heavy atom. The highest BCUT2D eigenvalue weighted by molar-refractivity contribution is 5.85. The standard InChI is InChI=1S/C26H36N2O4.2ClH/c1-7-19-18-15-22(21(30-5)13-16(18)9-11-27(19)3)32-26-24-17(14-23(31-6)25(26)29)10-12-28(4)20(24)8-2;;/h13-15,19-20,29H,7-12H2,1-6H3;2*1H. The Balaban J connectivity index is 0.00000204. The van der Waals surface area contributed by atoms with E-state index >= 15 is 0 Å². The van der Waals surface area contributed by atoms with Crippen molar-refractivity contribution in [1.29, 1.82) is 0 Å². The molecule has 0 saturated carbocycles. The van der Waals surface area contributed by atoms with Crippen molar-refractivity contribution in [3.8, 4) is 28.7 Å². The molecule has 2 aromatic carbocycles. The van der Waals surface area contributed by atoms with Crippen molar-refractivity contribution in [3.63, 3.8) is 0 Å². The van der Waals surface area contributed by atoms with Crippen LogP contribution in [-0.4, -0.2) is 56.3 Å². The van der Waals surface area contributed by atoms with Crippen molar-refractivity contribution in [2.45, 2.75) is 51.6 Å². The van der Waals surface area contributed by atoms with Crippen LogP contribution in [0, 0.1) is 0 Å². The lowest BCUT2D eigenvalue weighted by atomic mass is 9.89. The summed E-state index contributed by atoms with van der Waals surface area (Å²) in [6.07, 6.45) is 3.83. The van der Waals surface area contributed by atoms with Gasteiger partial charge in [-0.15, -0.1) is 24.8 Å². The van der Waals surface area contributed by atoms with E-state index in [0.29, 0.717) is 29.0 Å². The van der Waals surface area contributed by atoms with Gasteiger partial charge < -0.3 is 19.3 Å². The second kappa shape index (κ2) is 11.7. The van der Waals surface area contributed by atoms with Crippen LogP contribution in [0.1, 0.15) is 61.0 Å². The molecule has 0 radical (unpaired) electrons. The van der Waals surface area contributed by atoms with Gasteiger partial charge >= 0.3 is 0 Å². The molecule has 0 aliphatic carbocycles. The average Bonchev–Trinajstić information content (AvgIpc) is 2.80. The van der Waals surface area contributed by atoms with Crippen molar-refractivity contribution < 1.29 is 19.3 Å². The summed E-state index contributed by atoms with van der Waals surface area (Å²) < 4.78 is 17.8. The minimum Gasteiger partial charge on any atom is -0.502 e. The summed E-state index contributed by atoms with van der Waals surface area (Å²) in [6, 6.07) is 6.68. The van der Waals surface area contributed by atoms with E-state index in [-0.39, 0.29) is 36.6 Å². The van der Waals surface area contributed by atoms with Gasteiger partial charge in [-0.25, -0.2) is 0 Å². The first kappa shape index (κ1) is 28.4. The largest absolute Gasteiger partial charge is 0.502 e. The summed E-state index contributed by atoms with van der Waals surface area (Å²) in [4.78, 5) is 4.72. The topological polar surface area (TPSA) is 54.4 Å². The quantitative estimate of drug-likeness (QED) is 0.517. The van der Waals surface area contributed by atoms with Gasteiger partial charge in [0.1, 0.15) is 0 Å². The zero-order valence-electron chi connectivity index (χ0n) is 21.0. The number of phenols is 1. The van der Waals surface area contributed by atoms with Crippen LogP contribution in [0.25, 0.3) is 0 Å². The third-order valence-corrected chi connectivity index (χ3v) is 7.20. The van der Waals surface area contributed by atoms with Crippen LogP contribution in [0.3, 0.4) is 0 Å². The van der Waals surface area contributed by atoms with Gasteiger partial charge in [0.15, 0.2) is 23.0 Å². The van der Waals surface area contributed by atoms with Crippen LogP contribution >= 0.6 is 24.8 Å². The Morgan fingerprint density at radius 2 is 1.38 bits per heavy atom. The summed E-state index contributed by atoms with van der Waals surface area (Å²) >= 11 is 0. The first-order chi connectivity index (χ1) is 15.4. The lowest BCUT2D eigenvalue weighted by molar-refractivity contribution is 0.216. The molecular formula is C26H38Cl2N2O4.